The van der Waals surface area contributed by atoms with Crippen molar-refractivity contribution in [3.8, 4) is 11.1 Å². The molecule has 1 saturated heterocycles. The molecule has 2 aromatic carbocycles. The Morgan fingerprint density at radius 2 is 1.83 bits per heavy atom. The number of esters is 1. The molecule has 2 aliphatic heterocycles. The van der Waals surface area contributed by atoms with E-state index in [4.69, 9.17) is 15.2 Å². The summed E-state index contributed by atoms with van der Waals surface area (Å²) in [5, 5.41) is 2.68. The summed E-state index contributed by atoms with van der Waals surface area (Å²) < 4.78 is 26.3. The van der Waals surface area contributed by atoms with E-state index >= 15 is 4.39 Å². The van der Waals surface area contributed by atoms with Gasteiger partial charge in [0.05, 0.1) is 5.56 Å². The maximum Gasteiger partial charge on any atom is 0.411 e. The summed E-state index contributed by atoms with van der Waals surface area (Å²) in [7, 11) is 0. The summed E-state index contributed by atoms with van der Waals surface area (Å²) in [4.78, 5) is 52.3. The number of carbonyl (C=O) groups is 4. The van der Waals surface area contributed by atoms with Crippen LogP contribution >= 0.6 is 0 Å². The normalized spacial score (nSPS) is 23.1. The molecular formula is C31H36FN3O6. The number of nitrogens with one attached hydrogen (secondary N) is 1. The van der Waals surface area contributed by atoms with E-state index in [-0.39, 0.29) is 23.9 Å². The van der Waals surface area contributed by atoms with Crippen molar-refractivity contribution in [1.82, 2.24) is 10.2 Å². The third kappa shape index (κ3) is 5.52. The maximum atomic E-state index is 15.3. The van der Waals surface area contributed by atoms with Crippen LogP contribution < -0.4 is 11.1 Å². The number of nitrogens with two attached hydrogens (primary N) is 1. The Labute approximate surface area is 238 Å². The highest BCUT2D eigenvalue weighted by Gasteiger charge is 2.52. The third-order valence-electron chi connectivity index (χ3n) is 8.16. The number of hydrogen-bond acceptors (Lipinski definition) is 6. The van der Waals surface area contributed by atoms with Crippen molar-refractivity contribution in [2.45, 2.75) is 89.6 Å². The molecule has 0 spiro atoms. The average molecular weight is 566 g/mol. The molecule has 1 aliphatic carbocycles. The zero-order chi connectivity index (χ0) is 29.9. The van der Waals surface area contributed by atoms with Crippen LogP contribution in [0.5, 0.6) is 0 Å². The molecule has 0 radical (unpaired) electrons. The first-order chi connectivity index (χ1) is 19.1. The molecule has 2 fully saturated rings. The number of fused-ring (bicyclic) bond motifs is 3. The van der Waals surface area contributed by atoms with Gasteiger partial charge in [0.2, 0.25) is 11.8 Å². The van der Waals surface area contributed by atoms with Crippen molar-refractivity contribution in [2.75, 3.05) is 0 Å². The second-order valence-corrected chi connectivity index (χ2v) is 12.7. The molecule has 9 nitrogen and oxygen atoms in total. The highest BCUT2D eigenvalue weighted by Crippen LogP contribution is 2.43. The molecule has 3 amide bonds. The van der Waals surface area contributed by atoms with E-state index in [1.165, 1.54) is 11.0 Å². The minimum atomic E-state index is -1.17. The van der Waals surface area contributed by atoms with Crippen molar-refractivity contribution < 1.29 is 33.0 Å². The average Bonchev–Trinajstić information content (AvgIpc) is 3.55. The van der Waals surface area contributed by atoms with Crippen LogP contribution in [-0.4, -0.2) is 52.5 Å². The van der Waals surface area contributed by atoms with Gasteiger partial charge in [-0.3, -0.25) is 14.5 Å². The largest absolute Gasteiger partial charge is 0.451 e. The predicted octanol–water partition coefficient (Wildman–Crippen LogP) is 4.20. The first kappa shape index (κ1) is 28.6. The molecule has 4 atom stereocenters. The summed E-state index contributed by atoms with van der Waals surface area (Å²) in [6.07, 6.45) is 1.55. The zero-order valence-electron chi connectivity index (χ0n) is 24.0. The summed E-state index contributed by atoms with van der Waals surface area (Å²) in [5.74, 6) is -2.31. The summed E-state index contributed by atoms with van der Waals surface area (Å²) in [6, 6.07) is 7.77. The van der Waals surface area contributed by atoms with Crippen molar-refractivity contribution in [3.63, 3.8) is 0 Å². The monoisotopic (exact) mass is 565 g/mol. The quantitative estimate of drug-likeness (QED) is 0.506. The van der Waals surface area contributed by atoms with Crippen LogP contribution in [0.25, 0.3) is 11.1 Å². The van der Waals surface area contributed by atoms with Gasteiger partial charge in [-0.2, -0.15) is 0 Å². The van der Waals surface area contributed by atoms with E-state index in [9.17, 15) is 19.2 Å². The maximum absolute atomic E-state index is 15.3. The Hall–Kier alpha value is -3.95. The standard InChI is InChI=1S/C31H36FN3O6/c1-30(2,3)41-29(39)35-20-10-8-19(12-20)25(35)27(37)34-24(26(33)36)15-18-7-6-17(14-23(18)32)16-9-11-21-22(13-16)31(4,5)40-28(21)38/h6-7,9,11,13-14,19-20,24-25H,8,10,12,15H2,1-5H3,(H2,33,36)(H,34,37)/t19-,20+,24-,25-/m0/s1. The zero-order valence-corrected chi connectivity index (χ0v) is 24.0. The second kappa shape index (κ2) is 10.2. The fourth-order valence-electron chi connectivity index (χ4n) is 6.24. The number of cyclic esters (lactones) is 1. The van der Waals surface area contributed by atoms with Gasteiger partial charge in [0.25, 0.3) is 0 Å². The Bertz CT molecular complexity index is 1430. The highest BCUT2D eigenvalue weighted by molar-refractivity contribution is 5.95. The van der Waals surface area contributed by atoms with Gasteiger partial charge in [-0.05, 0) is 94.7 Å². The SMILES string of the molecule is CC(C)(C)OC(=O)N1[C@@H]2CC[C@@H](C2)[C@H]1C(=O)N[C@@H](Cc1ccc(-c2ccc3c(c2)C(C)(C)OC3=O)cc1F)C(N)=O. The third-order valence-corrected chi connectivity index (χ3v) is 8.16. The second-order valence-electron chi connectivity index (χ2n) is 12.7. The lowest BCUT2D eigenvalue weighted by Gasteiger charge is -2.36. The molecule has 2 aromatic rings. The number of hydrogen-bond donors (Lipinski definition) is 2. The Morgan fingerprint density at radius 1 is 1.15 bits per heavy atom. The molecule has 1 saturated carbocycles. The number of halogens is 1. The number of ether oxygens (including phenoxy) is 2. The van der Waals surface area contributed by atoms with Crippen molar-refractivity contribution in [3.05, 3.63) is 58.9 Å². The first-order valence-electron chi connectivity index (χ1n) is 13.9. The fraction of sp³-hybridized carbons (Fsp3) is 0.484. The Balaban J connectivity index is 1.32. The van der Waals surface area contributed by atoms with Gasteiger partial charge in [-0.25, -0.2) is 14.0 Å². The summed E-state index contributed by atoms with van der Waals surface area (Å²) in [6.45, 7) is 8.88. The lowest BCUT2D eigenvalue weighted by atomic mass is 9.91. The number of amides is 3. The molecule has 2 heterocycles. The minimum absolute atomic E-state index is 0.0462. The van der Waals surface area contributed by atoms with Gasteiger partial charge in [0.1, 0.15) is 29.1 Å². The molecule has 5 rings (SSSR count). The topological polar surface area (TPSA) is 128 Å². The van der Waals surface area contributed by atoms with Gasteiger partial charge >= 0.3 is 12.1 Å². The van der Waals surface area contributed by atoms with Gasteiger partial charge in [-0.15, -0.1) is 0 Å². The van der Waals surface area contributed by atoms with E-state index in [0.717, 1.165) is 18.4 Å². The van der Waals surface area contributed by atoms with Crippen LogP contribution in [-0.2, 0) is 31.1 Å². The lowest BCUT2D eigenvalue weighted by molar-refractivity contribution is -0.132. The van der Waals surface area contributed by atoms with Crippen LogP contribution in [0.3, 0.4) is 0 Å². The van der Waals surface area contributed by atoms with E-state index in [2.05, 4.69) is 5.32 Å². The van der Waals surface area contributed by atoms with E-state index in [1.807, 2.05) is 6.07 Å². The minimum Gasteiger partial charge on any atom is -0.451 e. The van der Waals surface area contributed by atoms with Crippen LogP contribution in [0.2, 0.25) is 0 Å². The summed E-state index contributed by atoms with van der Waals surface area (Å²) in [5.41, 5.74) is 6.82. The van der Waals surface area contributed by atoms with Crippen molar-refractivity contribution in [2.24, 2.45) is 11.7 Å². The van der Waals surface area contributed by atoms with E-state index < -0.39 is 53.0 Å². The highest BCUT2D eigenvalue weighted by atomic mass is 19.1. The number of benzene rings is 2. The molecule has 3 aliphatic rings. The van der Waals surface area contributed by atoms with Crippen molar-refractivity contribution in [1.29, 1.82) is 0 Å². The van der Waals surface area contributed by atoms with Gasteiger partial charge in [0, 0.05) is 18.0 Å². The number of rotatable bonds is 6. The van der Waals surface area contributed by atoms with Gasteiger partial charge in [-0.1, -0.05) is 18.2 Å². The van der Waals surface area contributed by atoms with Crippen LogP contribution in [0, 0.1) is 11.7 Å². The molecule has 2 bridgehead atoms. The molecule has 0 unspecified atom stereocenters. The molecule has 218 valence electrons. The molecule has 41 heavy (non-hydrogen) atoms. The van der Waals surface area contributed by atoms with Crippen LogP contribution in [0.4, 0.5) is 9.18 Å². The molecular weight excluding hydrogens is 529 g/mol. The lowest BCUT2D eigenvalue weighted by Crippen LogP contribution is -2.57. The predicted molar refractivity (Wildman–Crippen MR) is 148 cm³/mol. The number of piperidine rings is 1. The molecule has 10 heteroatoms. The number of primary amides is 1. The number of carbonyl (C=O) groups excluding carboxylic acids is 4. The van der Waals surface area contributed by atoms with Crippen LogP contribution in [0.15, 0.2) is 36.4 Å². The van der Waals surface area contributed by atoms with Crippen LogP contribution in [0.1, 0.15) is 75.4 Å². The Morgan fingerprint density at radius 3 is 2.49 bits per heavy atom. The smallest absolute Gasteiger partial charge is 0.411 e. The molecule has 0 aromatic heterocycles. The number of likely N-dealkylation sites (tertiary alicyclic amines) is 1. The van der Waals surface area contributed by atoms with Gasteiger partial charge < -0.3 is 20.5 Å². The van der Waals surface area contributed by atoms with E-state index in [1.54, 1.807) is 58.9 Å². The van der Waals surface area contributed by atoms with E-state index in [0.29, 0.717) is 23.1 Å². The fourth-order valence-corrected chi connectivity index (χ4v) is 6.24. The van der Waals surface area contributed by atoms with Crippen molar-refractivity contribution >= 4 is 23.9 Å². The number of nitrogens with zero attached hydrogens (tertiary/aromatic N) is 1. The summed E-state index contributed by atoms with van der Waals surface area (Å²) >= 11 is 0. The first-order valence-corrected chi connectivity index (χ1v) is 13.9. The molecule has 3 N–H and O–H groups in total. The Kier molecular flexibility index (Phi) is 7.07. The van der Waals surface area contributed by atoms with Gasteiger partial charge in [0.15, 0.2) is 0 Å².